The highest BCUT2D eigenvalue weighted by Crippen LogP contribution is 2.29. The molecule has 172 valence electrons. The summed E-state index contributed by atoms with van der Waals surface area (Å²) < 4.78 is 1.75. The van der Waals surface area contributed by atoms with Crippen LogP contribution in [0.2, 0.25) is 0 Å². The van der Waals surface area contributed by atoms with Crippen LogP contribution in [-0.2, 0) is 16.1 Å². The predicted octanol–water partition coefficient (Wildman–Crippen LogP) is 1.56. The van der Waals surface area contributed by atoms with Crippen LogP contribution in [0.25, 0.3) is 11.2 Å². The van der Waals surface area contributed by atoms with Gasteiger partial charge < -0.3 is 14.7 Å². The molecule has 1 aromatic carbocycles. The number of hydrogen-bond donors (Lipinski definition) is 0. The van der Waals surface area contributed by atoms with Gasteiger partial charge in [0.05, 0.1) is 5.92 Å². The molecule has 0 bridgehead atoms. The number of fused-ring (bicyclic) bond motifs is 1. The van der Waals surface area contributed by atoms with E-state index in [1.807, 2.05) is 36.9 Å². The van der Waals surface area contributed by atoms with Gasteiger partial charge in [0.2, 0.25) is 11.8 Å². The molecule has 0 saturated carbocycles. The summed E-state index contributed by atoms with van der Waals surface area (Å²) in [6, 6.07) is 6.01. The first-order valence-electron chi connectivity index (χ1n) is 11.4. The molecule has 10 nitrogen and oxygen atoms in total. The SMILES string of the molecule is CCn1nnc2c(N3CCN(C(=O)C4CC(=O)N(c5ccc(C)c(C)c5)C4)CC3)ncnc21. The highest BCUT2D eigenvalue weighted by Gasteiger charge is 2.38. The summed E-state index contributed by atoms with van der Waals surface area (Å²) in [5.41, 5.74) is 4.61. The Morgan fingerprint density at radius 2 is 1.88 bits per heavy atom. The Balaban J connectivity index is 1.24. The van der Waals surface area contributed by atoms with Gasteiger partial charge in [-0.3, -0.25) is 9.59 Å². The molecule has 2 amide bonds. The van der Waals surface area contributed by atoms with Crippen molar-refractivity contribution in [2.24, 2.45) is 5.92 Å². The van der Waals surface area contributed by atoms with Crippen molar-refractivity contribution in [1.82, 2.24) is 29.9 Å². The van der Waals surface area contributed by atoms with Crippen molar-refractivity contribution >= 4 is 34.5 Å². The zero-order chi connectivity index (χ0) is 23.1. The molecule has 0 radical (unpaired) electrons. The number of nitrogens with zero attached hydrogens (tertiary/aromatic N) is 8. The summed E-state index contributed by atoms with van der Waals surface area (Å²) in [6.07, 6.45) is 1.80. The minimum atomic E-state index is -0.305. The summed E-state index contributed by atoms with van der Waals surface area (Å²) in [6.45, 7) is 9.68. The Bertz CT molecular complexity index is 1210. The summed E-state index contributed by atoms with van der Waals surface area (Å²) in [7, 11) is 0. The molecule has 0 spiro atoms. The van der Waals surface area contributed by atoms with Crippen LogP contribution in [0, 0.1) is 19.8 Å². The van der Waals surface area contributed by atoms with Gasteiger partial charge in [0.15, 0.2) is 17.0 Å². The second kappa shape index (κ2) is 8.42. The third-order valence-electron chi connectivity index (χ3n) is 6.75. The summed E-state index contributed by atoms with van der Waals surface area (Å²) >= 11 is 0. The number of anilines is 2. The van der Waals surface area contributed by atoms with Gasteiger partial charge in [-0.05, 0) is 44.0 Å². The molecule has 10 heteroatoms. The van der Waals surface area contributed by atoms with Crippen molar-refractivity contribution in [2.45, 2.75) is 33.7 Å². The molecule has 1 atom stereocenters. The summed E-state index contributed by atoms with van der Waals surface area (Å²) in [4.78, 5) is 40.4. The number of aromatic nitrogens is 5. The van der Waals surface area contributed by atoms with Gasteiger partial charge in [-0.15, -0.1) is 5.10 Å². The Kier molecular flexibility index (Phi) is 5.43. The molecule has 2 fully saturated rings. The minimum Gasteiger partial charge on any atom is -0.351 e. The number of carbonyl (C=O) groups excluding carboxylic acids is 2. The quantitative estimate of drug-likeness (QED) is 0.597. The third kappa shape index (κ3) is 3.79. The van der Waals surface area contributed by atoms with E-state index < -0.39 is 0 Å². The van der Waals surface area contributed by atoms with Gasteiger partial charge in [-0.2, -0.15) is 0 Å². The Morgan fingerprint density at radius 3 is 2.61 bits per heavy atom. The van der Waals surface area contributed by atoms with Crippen molar-refractivity contribution < 1.29 is 9.59 Å². The van der Waals surface area contributed by atoms with Crippen LogP contribution >= 0.6 is 0 Å². The van der Waals surface area contributed by atoms with Crippen molar-refractivity contribution in [3.63, 3.8) is 0 Å². The Morgan fingerprint density at radius 1 is 1.09 bits per heavy atom. The second-order valence-corrected chi connectivity index (χ2v) is 8.76. The lowest BCUT2D eigenvalue weighted by atomic mass is 10.1. The lowest BCUT2D eigenvalue weighted by Gasteiger charge is -2.36. The van der Waals surface area contributed by atoms with Gasteiger partial charge in [-0.25, -0.2) is 14.6 Å². The largest absolute Gasteiger partial charge is 0.351 e. The fraction of sp³-hybridized carbons (Fsp3) is 0.478. The molecule has 2 saturated heterocycles. The van der Waals surface area contributed by atoms with E-state index in [0.717, 1.165) is 22.7 Å². The van der Waals surface area contributed by atoms with Crippen LogP contribution in [0.1, 0.15) is 24.5 Å². The summed E-state index contributed by atoms with van der Waals surface area (Å²) in [5, 5.41) is 8.41. The van der Waals surface area contributed by atoms with E-state index in [0.29, 0.717) is 44.8 Å². The summed E-state index contributed by atoms with van der Waals surface area (Å²) in [5.74, 6) is 0.515. The smallest absolute Gasteiger partial charge is 0.228 e. The maximum atomic E-state index is 13.2. The van der Waals surface area contributed by atoms with E-state index in [2.05, 4.69) is 32.1 Å². The number of hydrogen-bond acceptors (Lipinski definition) is 7. The zero-order valence-electron chi connectivity index (χ0n) is 19.2. The van der Waals surface area contributed by atoms with Gasteiger partial charge in [0.25, 0.3) is 0 Å². The third-order valence-corrected chi connectivity index (χ3v) is 6.75. The van der Waals surface area contributed by atoms with E-state index in [-0.39, 0.29) is 24.2 Å². The van der Waals surface area contributed by atoms with Crippen molar-refractivity contribution in [3.8, 4) is 0 Å². The van der Waals surface area contributed by atoms with Crippen molar-refractivity contribution in [2.75, 3.05) is 42.5 Å². The van der Waals surface area contributed by atoms with E-state index in [9.17, 15) is 9.59 Å². The molecule has 2 aliphatic rings. The first kappa shape index (κ1) is 21.3. The van der Waals surface area contributed by atoms with Crippen LogP contribution in [-0.4, -0.2) is 74.4 Å². The minimum absolute atomic E-state index is 0.0117. The zero-order valence-corrected chi connectivity index (χ0v) is 19.2. The fourth-order valence-electron chi connectivity index (χ4n) is 4.64. The van der Waals surface area contributed by atoms with Gasteiger partial charge in [0, 0.05) is 51.4 Å². The van der Waals surface area contributed by atoms with Gasteiger partial charge in [0.1, 0.15) is 6.33 Å². The van der Waals surface area contributed by atoms with Crippen LogP contribution in [0.3, 0.4) is 0 Å². The molecule has 4 heterocycles. The molecule has 1 unspecified atom stereocenters. The van der Waals surface area contributed by atoms with E-state index in [1.54, 1.807) is 9.58 Å². The maximum Gasteiger partial charge on any atom is 0.228 e. The average Bonchev–Trinajstić information content (AvgIpc) is 3.44. The Hall–Kier alpha value is -3.56. The number of carbonyl (C=O) groups is 2. The molecule has 0 N–H and O–H groups in total. The van der Waals surface area contributed by atoms with E-state index >= 15 is 0 Å². The first-order chi connectivity index (χ1) is 16.0. The first-order valence-corrected chi connectivity index (χ1v) is 11.4. The number of aryl methyl sites for hydroxylation is 3. The van der Waals surface area contributed by atoms with Crippen LogP contribution in [0.5, 0.6) is 0 Å². The number of benzene rings is 1. The standard InChI is InChI=1S/C23H28N8O2/c1-4-31-22-20(26-27-31)21(24-14-25-22)28-7-9-29(10-8-28)23(33)17-12-19(32)30(13-17)18-6-5-15(2)16(3)11-18/h5-6,11,14,17H,4,7-10,12-13H2,1-3H3. The van der Waals surface area contributed by atoms with E-state index in [1.165, 1.54) is 11.9 Å². The molecule has 3 aromatic rings. The van der Waals surface area contributed by atoms with Crippen LogP contribution in [0.15, 0.2) is 24.5 Å². The lowest BCUT2D eigenvalue weighted by Crippen LogP contribution is -2.51. The maximum absolute atomic E-state index is 13.2. The van der Waals surface area contributed by atoms with Gasteiger partial charge >= 0.3 is 0 Å². The van der Waals surface area contributed by atoms with Crippen molar-refractivity contribution in [1.29, 1.82) is 0 Å². The van der Waals surface area contributed by atoms with E-state index in [4.69, 9.17) is 0 Å². The topological polar surface area (TPSA) is 100 Å². The average molecular weight is 449 g/mol. The number of amides is 2. The molecular weight excluding hydrogens is 420 g/mol. The molecule has 33 heavy (non-hydrogen) atoms. The van der Waals surface area contributed by atoms with Crippen LogP contribution < -0.4 is 9.80 Å². The van der Waals surface area contributed by atoms with Crippen LogP contribution in [0.4, 0.5) is 11.5 Å². The van der Waals surface area contributed by atoms with Crippen molar-refractivity contribution in [3.05, 3.63) is 35.7 Å². The second-order valence-electron chi connectivity index (χ2n) is 8.76. The monoisotopic (exact) mass is 448 g/mol. The molecule has 0 aliphatic carbocycles. The highest BCUT2D eigenvalue weighted by atomic mass is 16.2. The van der Waals surface area contributed by atoms with Gasteiger partial charge in [-0.1, -0.05) is 11.3 Å². The highest BCUT2D eigenvalue weighted by molar-refractivity contribution is 6.00. The Labute approximate surface area is 192 Å². The molecule has 2 aliphatic heterocycles. The number of rotatable bonds is 4. The molecule has 2 aromatic heterocycles. The fourth-order valence-corrected chi connectivity index (χ4v) is 4.64. The normalized spacial score (nSPS) is 19.1. The number of piperazine rings is 1. The molecular formula is C23H28N8O2. The molecule has 5 rings (SSSR count). The predicted molar refractivity (Wildman–Crippen MR) is 124 cm³/mol. The lowest BCUT2D eigenvalue weighted by molar-refractivity contribution is -0.136.